The predicted molar refractivity (Wildman–Crippen MR) is 94.3 cm³/mol. The molecule has 0 saturated heterocycles. The van der Waals surface area contributed by atoms with Crippen LogP contribution in [0.5, 0.6) is 0 Å². The van der Waals surface area contributed by atoms with E-state index in [0.717, 1.165) is 11.1 Å². The van der Waals surface area contributed by atoms with Gasteiger partial charge in [-0.2, -0.15) is 0 Å². The molecule has 0 aliphatic heterocycles. The zero-order valence-electron chi connectivity index (χ0n) is 14.0. The van der Waals surface area contributed by atoms with Crippen LogP contribution in [0, 0.1) is 0 Å². The normalized spacial score (nSPS) is 10.5. The molecule has 3 amide bonds. The van der Waals surface area contributed by atoms with Gasteiger partial charge in [-0.15, -0.1) is 0 Å². The predicted octanol–water partition coefficient (Wildman–Crippen LogP) is 2.91. The van der Waals surface area contributed by atoms with Crippen molar-refractivity contribution in [1.82, 2.24) is 10.2 Å². The fraction of sp³-hybridized carbons (Fsp3) is 0.263. The van der Waals surface area contributed by atoms with Crippen LogP contribution in [0.25, 0.3) is 0 Å². The summed E-state index contributed by atoms with van der Waals surface area (Å²) in [4.78, 5) is 25.4. The summed E-state index contributed by atoms with van der Waals surface area (Å²) >= 11 is 0. The molecule has 126 valence electrons. The lowest BCUT2D eigenvalue weighted by molar-refractivity contribution is 0.0690. The molecule has 0 aliphatic carbocycles. The molecule has 2 aromatic rings. The molecule has 2 rings (SSSR count). The van der Waals surface area contributed by atoms with Gasteiger partial charge in [-0.1, -0.05) is 42.5 Å². The smallest absolute Gasteiger partial charge is 0.312 e. The molecular formula is C19H23N3O2. The molecule has 0 radical (unpaired) electrons. The lowest BCUT2D eigenvalue weighted by Gasteiger charge is -2.27. The van der Waals surface area contributed by atoms with Gasteiger partial charge in [0.2, 0.25) is 0 Å². The maximum absolute atomic E-state index is 12.8. The first-order valence-electron chi connectivity index (χ1n) is 7.94. The molecule has 0 heterocycles. The van der Waals surface area contributed by atoms with Crippen LogP contribution in [0.1, 0.15) is 35.3 Å². The monoisotopic (exact) mass is 325 g/mol. The van der Waals surface area contributed by atoms with E-state index in [1.807, 2.05) is 61.2 Å². The molecule has 0 fully saturated rings. The highest BCUT2D eigenvalue weighted by Crippen LogP contribution is 2.14. The number of nitrogens with two attached hydrogens (primary N) is 1. The fourth-order valence-electron chi connectivity index (χ4n) is 2.39. The molecule has 5 nitrogen and oxygen atoms in total. The van der Waals surface area contributed by atoms with Crippen LogP contribution in [0.2, 0.25) is 0 Å². The second kappa shape index (κ2) is 8.15. The number of hydrogen-bond acceptors (Lipinski definition) is 2. The number of carbonyl (C=O) groups is 2. The molecule has 2 aromatic carbocycles. The first kappa shape index (κ1) is 17.5. The summed E-state index contributed by atoms with van der Waals surface area (Å²) in [7, 11) is 0. The molecule has 0 saturated carbocycles. The highest BCUT2D eigenvalue weighted by Gasteiger charge is 2.19. The first-order chi connectivity index (χ1) is 11.5. The molecular weight excluding hydrogens is 302 g/mol. The van der Waals surface area contributed by atoms with Gasteiger partial charge in [0.1, 0.15) is 0 Å². The van der Waals surface area contributed by atoms with Crippen LogP contribution >= 0.6 is 0 Å². The molecule has 24 heavy (non-hydrogen) atoms. The molecule has 0 atom stereocenters. The topological polar surface area (TPSA) is 75.4 Å². The number of hydrogen-bond donors (Lipinski definition) is 2. The van der Waals surface area contributed by atoms with E-state index in [4.69, 9.17) is 5.73 Å². The first-order valence-corrected chi connectivity index (χ1v) is 7.94. The second-order valence-electron chi connectivity index (χ2n) is 5.93. The van der Waals surface area contributed by atoms with Gasteiger partial charge < -0.3 is 16.0 Å². The molecule has 0 aromatic heterocycles. The largest absolute Gasteiger partial charge is 0.352 e. The summed E-state index contributed by atoms with van der Waals surface area (Å²) in [6.07, 6.45) is 0. The number of nitrogens with zero attached hydrogens (tertiary/aromatic N) is 1. The average molecular weight is 325 g/mol. The number of carbonyl (C=O) groups excluding carboxylic acids is 2. The van der Waals surface area contributed by atoms with Crippen molar-refractivity contribution in [2.45, 2.75) is 33.0 Å². The lowest BCUT2D eigenvalue weighted by Crippen LogP contribution is -2.36. The number of urea groups is 1. The average Bonchev–Trinajstić information content (AvgIpc) is 2.58. The number of benzene rings is 2. The summed E-state index contributed by atoms with van der Waals surface area (Å²) in [5, 5.41) is 2.53. The number of primary amides is 1. The number of nitrogens with one attached hydrogen (secondary N) is 1. The Labute approximate surface area is 142 Å². The third-order valence-corrected chi connectivity index (χ3v) is 3.75. The Bertz CT molecular complexity index is 682. The molecule has 0 spiro atoms. The van der Waals surface area contributed by atoms with Crippen molar-refractivity contribution in [3.8, 4) is 0 Å². The minimum absolute atomic E-state index is 0.0109. The van der Waals surface area contributed by atoms with Gasteiger partial charge in [0, 0.05) is 24.7 Å². The summed E-state index contributed by atoms with van der Waals surface area (Å²) < 4.78 is 0. The van der Waals surface area contributed by atoms with Crippen molar-refractivity contribution in [1.29, 1.82) is 0 Å². The van der Waals surface area contributed by atoms with Crippen molar-refractivity contribution in [3.63, 3.8) is 0 Å². The molecule has 0 aliphatic rings. The Morgan fingerprint density at radius 2 is 1.62 bits per heavy atom. The van der Waals surface area contributed by atoms with E-state index < -0.39 is 6.03 Å². The second-order valence-corrected chi connectivity index (χ2v) is 5.93. The van der Waals surface area contributed by atoms with Gasteiger partial charge in [0.25, 0.3) is 5.91 Å². The van der Waals surface area contributed by atoms with Gasteiger partial charge in [-0.05, 0) is 37.1 Å². The van der Waals surface area contributed by atoms with E-state index in [9.17, 15) is 9.59 Å². The van der Waals surface area contributed by atoms with Crippen molar-refractivity contribution in [2.75, 3.05) is 0 Å². The van der Waals surface area contributed by atoms with Crippen LogP contribution in [0.15, 0.2) is 54.6 Å². The van der Waals surface area contributed by atoms with E-state index in [0.29, 0.717) is 18.7 Å². The van der Waals surface area contributed by atoms with Crippen molar-refractivity contribution in [3.05, 3.63) is 71.3 Å². The Kier molecular flexibility index (Phi) is 5.95. The SMILES string of the molecule is CC(C)N(Cc1ccccc1)C(=O)c1ccc(CNC(N)=O)cc1. The standard InChI is InChI=1S/C19H23N3O2/c1-14(2)22(13-16-6-4-3-5-7-16)18(23)17-10-8-15(9-11-17)12-21-19(20)24/h3-11,14H,12-13H2,1-2H3,(H3,20,21,24). The van der Waals surface area contributed by atoms with Crippen molar-refractivity contribution < 1.29 is 9.59 Å². The van der Waals surface area contributed by atoms with Crippen LogP contribution in [0.3, 0.4) is 0 Å². The minimum atomic E-state index is -0.566. The van der Waals surface area contributed by atoms with Gasteiger partial charge in [0.15, 0.2) is 0 Å². The molecule has 3 N–H and O–H groups in total. The maximum Gasteiger partial charge on any atom is 0.312 e. The Hall–Kier alpha value is -2.82. The summed E-state index contributed by atoms with van der Waals surface area (Å²) in [5.74, 6) is -0.0109. The molecule has 5 heteroatoms. The summed E-state index contributed by atoms with van der Waals surface area (Å²) in [5.41, 5.74) is 7.67. The lowest BCUT2D eigenvalue weighted by atomic mass is 10.1. The maximum atomic E-state index is 12.8. The zero-order chi connectivity index (χ0) is 17.5. The van der Waals surface area contributed by atoms with Gasteiger partial charge >= 0.3 is 6.03 Å². The van der Waals surface area contributed by atoms with Gasteiger partial charge in [0.05, 0.1) is 0 Å². The van der Waals surface area contributed by atoms with Crippen LogP contribution < -0.4 is 11.1 Å². The quantitative estimate of drug-likeness (QED) is 0.857. The van der Waals surface area contributed by atoms with Crippen LogP contribution in [-0.2, 0) is 13.1 Å². The third kappa shape index (κ3) is 4.84. The minimum Gasteiger partial charge on any atom is -0.352 e. The van der Waals surface area contributed by atoms with Crippen molar-refractivity contribution in [2.24, 2.45) is 5.73 Å². The van der Waals surface area contributed by atoms with E-state index in [2.05, 4.69) is 5.32 Å². The zero-order valence-corrected chi connectivity index (χ0v) is 14.0. The van der Waals surface area contributed by atoms with Gasteiger partial charge in [-0.25, -0.2) is 4.79 Å². The van der Waals surface area contributed by atoms with Crippen LogP contribution in [0.4, 0.5) is 4.79 Å². The highest BCUT2D eigenvalue weighted by molar-refractivity contribution is 5.94. The number of amides is 3. The molecule has 0 bridgehead atoms. The summed E-state index contributed by atoms with van der Waals surface area (Å²) in [6.45, 7) is 4.93. The Morgan fingerprint density at radius 3 is 2.17 bits per heavy atom. The molecule has 0 unspecified atom stereocenters. The van der Waals surface area contributed by atoms with Crippen LogP contribution in [-0.4, -0.2) is 22.9 Å². The van der Waals surface area contributed by atoms with E-state index in [-0.39, 0.29) is 11.9 Å². The summed E-state index contributed by atoms with van der Waals surface area (Å²) in [6, 6.07) is 16.7. The van der Waals surface area contributed by atoms with Gasteiger partial charge in [-0.3, -0.25) is 4.79 Å². The third-order valence-electron chi connectivity index (χ3n) is 3.75. The van der Waals surface area contributed by atoms with E-state index in [1.54, 1.807) is 12.1 Å². The Morgan fingerprint density at radius 1 is 1.00 bits per heavy atom. The highest BCUT2D eigenvalue weighted by atomic mass is 16.2. The fourth-order valence-corrected chi connectivity index (χ4v) is 2.39. The number of rotatable bonds is 6. The van der Waals surface area contributed by atoms with E-state index in [1.165, 1.54) is 0 Å². The van der Waals surface area contributed by atoms with E-state index >= 15 is 0 Å². The van der Waals surface area contributed by atoms with Crippen molar-refractivity contribution >= 4 is 11.9 Å². The Balaban J connectivity index is 2.10.